The van der Waals surface area contributed by atoms with Crippen molar-refractivity contribution in [3.05, 3.63) is 29.3 Å². The maximum absolute atomic E-state index is 9.26. The van der Waals surface area contributed by atoms with E-state index < -0.39 is 0 Å². The number of phenolic OH excluding ortho intramolecular Hbond substituents is 1. The Morgan fingerprint density at radius 3 is 2.54 bits per heavy atom. The van der Waals surface area contributed by atoms with Gasteiger partial charge in [0.2, 0.25) is 0 Å². The molecule has 0 amide bonds. The van der Waals surface area contributed by atoms with Gasteiger partial charge in [-0.05, 0) is 30.5 Å². The minimum atomic E-state index is 0. The summed E-state index contributed by atoms with van der Waals surface area (Å²) >= 11 is 0. The Morgan fingerprint density at radius 1 is 1.46 bits per heavy atom. The van der Waals surface area contributed by atoms with Gasteiger partial charge in [-0.1, -0.05) is 19.1 Å². The Hall–Kier alpha value is -0.730. The van der Waals surface area contributed by atoms with Crippen molar-refractivity contribution in [3.8, 4) is 5.75 Å². The van der Waals surface area contributed by atoms with Crippen molar-refractivity contribution in [1.82, 2.24) is 0 Å². The predicted octanol–water partition coefficient (Wildman–Crippen LogP) is 2.53. The summed E-state index contributed by atoms with van der Waals surface area (Å²) in [6.45, 7) is 3.92. The van der Waals surface area contributed by atoms with Gasteiger partial charge in [-0.15, -0.1) is 12.4 Å². The fourth-order valence-corrected chi connectivity index (χ4v) is 1.14. The van der Waals surface area contributed by atoms with Gasteiger partial charge < -0.3 is 10.8 Å². The largest absolute Gasteiger partial charge is 0.508 e. The van der Waals surface area contributed by atoms with E-state index in [9.17, 15) is 5.11 Å². The molecule has 74 valence electrons. The number of phenols is 1. The fraction of sp³-hybridized carbons (Fsp3) is 0.400. The van der Waals surface area contributed by atoms with E-state index in [1.54, 1.807) is 6.07 Å². The van der Waals surface area contributed by atoms with Crippen molar-refractivity contribution in [3.63, 3.8) is 0 Å². The highest BCUT2D eigenvalue weighted by molar-refractivity contribution is 5.85. The van der Waals surface area contributed by atoms with Gasteiger partial charge in [-0.25, -0.2) is 0 Å². The molecule has 1 atom stereocenters. The highest BCUT2D eigenvalue weighted by atomic mass is 35.5. The molecule has 0 fully saturated rings. The summed E-state index contributed by atoms with van der Waals surface area (Å²) in [5.74, 6) is 0.335. The lowest BCUT2D eigenvalue weighted by Crippen LogP contribution is -2.08. The first-order valence-electron chi connectivity index (χ1n) is 4.20. The van der Waals surface area contributed by atoms with E-state index in [0.717, 1.165) is 17.5 Å². The average molecular weight is 202 g/mol. The number of aryl methyl sites for hydroxylation is 1. The van der Waals surface area contributed by atoms with E-state index in [1.807, 2.05) is 26.0 Å². The molecule has 2 nitrogen and oxygen atoms in total. The zero-order valence-corrected chi connectivity index (χ0v) is 8.77. The van der Waals surface area contributed by atoms with Gasteiger partial charge in [-0.3, -0.25) is 0 Å². The minimum absolute atomic E-state index is 0. The molecule has 0 aliphatic heterocycles. The Labute approximate surface area is 85.2 Å². The molecular weight excluding hydrogens is 186 g/mol. The molecule has 3 N–H and O–H groups in total. The highest BCUT2D eigenvalue weighted by Crippen LogP contribution is 2.21. The summed E-state index contributed by atoms with van der Waals surface area (Å²) < 4.78 is 0. The maximum atomic E-state index is 9.26. The Balaban J connectivity index is 0.00000144. The molecule has 1 rings (SSSR count). The minimum Gasteiger partial charge on any atom is -0.508 e. The summed E-state index contributed by atoms with van der Waals surface area (Å²) in [6, 6.07) is 5.59. The topological polar surface area (TPSA) is 46.2 Å². The molecular formula is C10H16ClNO. The van der Waals surface area contributed by atoms with Crippen LogP contribution in [-0.2, 0) is 0 Å². The van der Waals surface area contributed by atoms with Crippen molar-refractivity contribution in [2.75, 3.05) is 0 Å². The van der Waals surface area contributed by atoms with E-state index in [-0.39, 0.29) is 18.4 Å². The summed E-state index contributed by atoms with van der Waals surface area (Å²) in [4.78, 5) is 0. The second kappa shape index (κ2) is 5.10. The number of nitrogens with two attached hydrogens (primary N) is 1. The van der Waals surface area contributed by atoms with Gasteiger partial charge >= 0.3 is 0 Å². The molecule has 0 saturated heterocycles. The van der Waals surface area contributed by atoms with Crippen LogP contribution in [0.3, 0.4) is 0 Å². The van der Waals surface area contributed by atoms with Crippen molar-refractivity contribution in [2.24, 2.45) is 5.73 Å². The zero-order valence-electron chi connectivity index (χ0n) is 7.95. The Kier molecular flexibility index (Phi) is 4.81. The first-order chi connectivity index (χ1) is 5.65. The third-order valence-corrected chi connectivity index (χ3v) is 2.09. The van der Waals surface area contributed by atoms with Crippen LogP contribution in [0.2, 0.25) is 0 Å². The van der Waals surface area contributed by atoms with Crippen molar-refractivity contribution in [1.29, 1.82) is 0 Å². The van der Waals surface area contributed by atoms with Gasteiger partial charge in [0.25, 0.3) is 0 Å². The second-order valence-corrected chi connectivity index (χ2v) is 3.06. The van der Waals surface area contributed by atoms with Crippen LogP contribution >= 0.6 is 12.4 Å². The fourth-order valence-electron chi connectivity index (χ4n) is 1.14. The van der Waals surface area contributed by atoms with E-state index in [2.05, 4.69) is 0 Å². The lowest BCUT2D eigenvalue weighted by molar-refractivity contribution is 0.470. The summed E-state index contributed by atoms with van der Waals surface area (Å²) in [7, 11) is 0. The zero-order chi connectivity index (χ0) is 9.14. The van der Waals surface area contributed by atoms with Crippen molar-refractivity contribution < 1.29 is 5.11 Å². The molecule has 0 radical (unpaired) electrons. The van der Waals surface area contributed by atoms with E-state index >= 15 is 0 Å². The summed E-state index contributed by atoms with van der Waals surface area (Å²) in [5.41, 5.74) is 7.81. The van der Waals surface area contributed by atoms with Gasteiger partial charge in [0.1, 0.15) is 5.75 Å². The molecule has 1 aromatic carbocycles. The lowest BCUT2D eigenvalue weighted by atomic mass is 10.0. The van der Waals surface area contributed by atoms with Crippen LogP contribution in [0.15, 0.2) is 18.2 Å². The second-order valence-electron chi connectivity index (χ2n) is 3.06. The van der Waals surface area contributed by atoms with Crippen LogP contribution in [0.4, 0.5) is 0 Å². The number of benzene rings is 1. The molecule has 1 aromatic rings. The van der Waals surface area contributed by atoms with Crippen LogP contribution in [0.1, 0.15) is 30.5 Å². The Bertz CT molecular complexity index is 276. The SMILES string of the molecule is CC[C@H](N)c1ccc(O)c(C)c1.Cl. The summed E-state index contributed by atoms with van der Waals surface area (Å²) in [5, 5.41) is 9.26. The lowest BCUT2D eigenvalue weighted by Gasteiger charge is -2.10. The van der Waals surface area contributed by atoms with Gasteiger partial charge in [0, 0.05) is 6.04 Å². The van der Waals surface area contributed by atoms with Crippen molar-refractivity contribution in [2.45, 2.75) is 26.3 Å². The van der Waals surface area contributed by atoms with E-state index in [0.29, 0.717) is 5.75 Å². The molecule has 0 aliphatic carbocycles. The first kappa shape index (κ1) is 12.3. The standard InChI is InChI=1S/C10H15NO.ClH/c1-3-9(11)8-4-5-10(12)7(2)6-8;/h4-6,9,12H,3,11H2,1-2H3;1H/t9-;/m0./s1. The normalized spacial score (nSPS) is 11.9. The first-order valence-corrected chi connectivity index (χ1v) is 4.20. The molecule has 3 heteroatoms. The molecule has 0 saturated carbocycles. The van der Waals surface area contributed by atoms with Crippen LogP contribution < -0.4 is 5.73 Å². The number of hydrogen-bond acceptors (Lipinski definition) is 2. The van der Waals surface area contributed by atoms with Gasteiger partial charge in [0.05, 0.1) is 0 Å². The molecule has 0 bridgehead atoms. The average Bonchev–Trinajstić information content (AvgIpc) is 2.08. The van der Waals surface area contributed by atoms with Crippen LogP contribution in [0, 0.1) is 6.92 Å². The van der Waals surface area contributed by atoms with Gasteiger partial charge in [0.15, 0.2) is 0 Å². The van der Waals surface area contributed by atoms with E-state index in [4.69, 9.17) is 5.73 Å². The summed E-state index contributed by atoms with van der Waals surface area (Å²) in [6.07, 6.45) is 0.921. The highest BCUT2D eigenvalue weighted by Gasteiger charge is 2.04. The maximum Gasteiger partial charge on any atom is 0.118 e. The number of hydrogen-bond donors (Lipinski definition) is 2. The molecule has 0 aliphatic rings. The molecule has 0 spiro atoms. The van der Waals surface area contributed by atoms with Crippen molar-refractivity contribution >= 4 is 12.4 Å². The third-order valence-electron chi connectivity index (χ3n) is 2.09. The van der Waals surface area contributed by atoms with Gasteiger partial charge in [-0.2, -0.15) is 0 Å². The predicted molar refractivity (Wildman–Crippen MR) is 57.3 cm³/mol. The third kappa shape index (κ3) is 2.90. The smallest absolute Gasteiger partial charge is 0.118 e. The van der Waals surface area contributed by atoms with Crippen LogP contribution in [0.5, 0.6) is 5.75 Å². The quantitative estimate of drug-likeness (QED) is 0.773. The number of halogens is 1. The molecule has 0 heterocycles. The Morgan fingerprint density at radius 2 is 2.08 bits per heavy atom. The van der Waals surface area contributed by atoms with E-state index in [1.165, 1.54) is 0 Å². The van der Waals surface area contributed by atoms with Crippen LogP contribution in [-0.4, -0.2) is 5.11 Å². The number of aromatic hydroxyl groups is 1. The molecule has 0 unspecified atom stereocenters. The van der Waals surface area contributed by atoms with Crippen LogP contribution in [0.25, 0.3) is 0 Å². The monoisotopic (exact) mass is 201 g/mol. The molecule has 13 heavy (non-hydrogen) atoms. The number of rotatable bonds is 2. The molecule has 0 aromatic heterocycles.